The molecule has 1 fully saturated rings. The first kappa shape index (κ1) is 19.5. The highest BCUT2D eigenvalue weighted by Crippen LogP contribution is 2.31. The average Bonchev–Trinajstić information content (AvgIpc) is 3.46. The summed E-state index contributed by atoms with van der Waals surface area (Å²) in [4.78, 5) is 11.6. The van der Waals surface area contributed by atoms with E-state index < -0.39 is 0 Å². The van der Waals surface area contributed by atoms with E-state index in [0.717, 1.165) is 49.5 Å². The SMILES string of the molecule is C[C@H](c1ccc(C#N)cc1)n1cncc1CN1CCC(c2nc3ccccc3o2)CC1. The minimum absolute atomic E-state index is 0.169. The normalized spacial score (nSPS) is 16.4. The zero-order valence-corrected chi connectivity index (χ0v) is 17.6. The van der Waals surface area contributed by atoms with Crippen LogP contribution in [0.15, 0.2) is 65.5 Å². The van der Waals surface area contributed by atoms with E-state index in [-0.39, 0.29) is 6.04 Å². The van der Waals surface area contributed by atoms with Crippen LogP contribution in [-0.2, 0) is 6.54 Å². The van der Waals surface area contributed by atoms with Gasteiger partial charge in [0.1, 0.15) is 5.52 Å². The molecule has 0 radical (unpaired) electrons. The van der Waals surface area contributed by atoms with Crippen molar-refractivity contribution in [3.63, 3.8) is 0 Å². The number of imidazole rings is 1. The number of para-hydroxylation sites is 2. The Bertz CT molecular complexity index is 1180. The van der Waals surface area contributed by atoms with Gasteiger partial charge in [-0.15, -0.1) is 0 Å². The first-order valence-electron chi connectivity index (χ1n) is 10.8. The van der Waals surface area contributed by atoms with Gasteiger partial charge in [0.15, 0.2) is 11.5 Å². The number of nitrogens with zero attached hydrogens (tertiary/aromatic N) is 5. The highest BCUT2D eigenvalue weighted by molar-refractivity contribution is 5.72. The van der Waals surface area contributed by atoms with Gasteiger partial charge in [0.2, 0.25) is 0 Å². The molecule has 156 valence electrons. The van der Waals surface area contributed by atoms with Gasteiger partial charge in [-0.1, -0.05) is 24.3 Å². The molecule has 0 bridgehead atoms. The molecule has 1 atom stereocenters. The van der Waals surface area contributed by atoms with E-state index in [1.54, 1.807) is 0 Å². The van der Waals surface area contributed by atoms with Crippen LogP contribution in [-0.4, -0.2) is 32.5 Å². The summed E-state index contributed by atoms with van der Waals surface area (Å²) < 4.78 is 8.23. The largest absolute Gasteiger partial charge is 0.440 e. The molecule has 1 saturated heterocycles. The lowest BCUT2D eigenvalue weighted by molar-refractivity contribution is 0.189. The smallest absolute Gasteiger partial charge is 0.198 e. The maximum atomic E-state index is 9.03. The van der Waals surface area contributed by atoms with Gasteiger partial charge in [-0.2, -0.15) is 5.26 Å². The van der Waals surface area contributed by atoms with Gasteiger partial charge in [0, 0.05) is 18.7 Å². The molecule has 0 unspecified atom stereocenters. The van der Waals surface area contributed by atoms with Gasteiger partial charge in [0.05, 0.1) is 29.7 Å². The molecule has 3 heterocycles. The summed E-state index contributed by atoms with van der Waals surface area (Å²) in [6, 6.07) is 18.1. The highest BCUT2D eigenvalue weighted by atomic mass is 16.3. The highest BCUT2D eigenvalue weighted by Gasteiger charge is 2.25. The van der Waals surface area contributed by atoms with Crippen LogP contribution >= 0.6 is 0 Å². The lowest BCUT2D eigenvalue weighted by Crippen LogP contribution is -2.33. The molecule has 0 saturated carbocycles. The van der Waals surface area contributed by atoms with Crippen LogP contribution in [0.5, 0.6) is 0 Å². The lowest BCUT2D eigenvalue weighted by Gasteiger charge is -2.31. The van der Waals surface area contributed by atoms with E-state index in [1.165, 1.54) is 11.3 Å². The fourth-order valence-electron chi connectivity index (χ4n) is 4.43. The zero-order chi connectivity index (χ0) is 21.2. The van der Waals surface area contributed by atoms with Gasteiger partial charge in [-0.25, -0.2) is 9.97 Å². The number of likely N-dealkylation sites (tertiary alicyclic amines) is 1. The molecule has 6 heteroatoms. The van der Waals surface area contributed by atoms with Crippen molar-refractivity contribution >= 4 is 11.1 Å². The van der Waals surface area contributed by atoms with Gasteiger partial charge in [-0.3, -0.25) is 4.90 Å². The van der Waals surface area contributed by atoms with Crippen LogP contribution in [0.1, 0.15) is 54.4 Å². The molecule has 6 nitrogen and oxygen atoms in total. The summed E-state index contributed by atoms with van der Waals surface area (Å²) >= 11 is 0. The molecular weight excluding hydrogens is 386 g/mol. The summed E-state index contributed by atoms with van der Waals surface area (Å²) in [5.74, 6) is 1.26. The van der Waals surface area contributed by atoms with Crippen molar-refractivity contribution in [1.29, 1.82) is 5.26 Å². The minimum Gasteiger partial charge on any atom is -0.440 e. The molecule has 0 spiro atoms. The predicted molar refractivity (Wildman–Crippen MR) is 118 cm³/mol. The third-order valence-corrected chi connectivity index (χ3v) is 6.32. The van der Waals surface area contributed by atoms with E-state index >= 15 is 0 Å². The van der Waals surface area contributed by atoms with Gasteiger partial charge < -0.3 is 8.98 Å². The molecular formula is C25H25N5O. The Morgan fingerprint density at radius 3 is 2.65 bits per heavy atom. The maximum Gasteiger partial charge on any atom is 0.198 e. The van der Waals surface area contributed by atoms with Crippen molar-refractivity contribution in [1.82, 2.24) is 19.4 Å². The van der Waals surface area contributed by atoms with E-state index in [2.05, 4.69) is 27.4 Å². The second kappa shape index (κ2) is 8.37. The number of hydrogen-bond donors (Lipinski definition) is 0. The van der Waals surface area contributed by atoms with Gasteiger partial charge >= 0.3 is 0 Å². The Morgan fingerprint density at radius 2 is 1.90 bits per heavy atom. The summed E-state index contributed by atoms with van der Waals surface area (Å²) in [5.41, 5.74) is 4.88. The molecule has 2 aromatic heterocycles. The van der Waals surface area contributed by atoms with Crippen LogP contribution in [0.2, 0.25) is 0 Å². The Balaban J connectivity index is 1.24. The number of rotatable bonds is 5. The van der Waals surface area contributed by atoms with E-state index in [1.807, 2.05) is 61.1 Å². The number of benzene rings is 2. The van der Waals surface area contributed by atoms with Gasteiger partial charge in [-0.05, 0) is 62.7 Å². The number of hydrogen-bond acceptors (Lipinski definition) is 5. The molecule has 1 aliphatic rings. The summed E-state index contributed by atoms with van der Waals surface area (Å²) in [5, 5.41) is 9.03. The molecule has 2 aromatic carbocycles. The standard InChI is InChI=1S/C25H25N5O/c1-18(20-8-6-19(14-26)7-9-20)30-17-27-15-22(30)16-29-12-10-21(11-13-29)25-28-23-4-2-3-5-24(23)31-25/h2-9,15,17-18,21H,10-13,16H2,1H3/t18-/m1/s1. The number of nitriles is 1. The fraction of sp³-hybridized carbons (Fsp3) is 0.320. The first-order valence-corrected chi connectivity index (χ1v) is 10.8. The predicted octanol–water partition coefficient (Wildman–Crippen LogP) is 4.88. The van der Waals surface area contributed by atoms with Crippen LogP contribution in [0.3, 0.4) is 0 Å². The van der Waals surface area contributed by atoms with E-state index in [0.29, 0.717) is 11.5 Å². The summed E-state index contributed by atoms with van der Waals surface area (Å²) in [6.07, 6.45) is 5.97. The number of fused-ring (bicyclic) bond motifs is 1. The number of piperidine rings is 1. The zero-order valence-electron chi connectivity index (χ0n) is 17.6. The Morgan fingerprint density at radius 1 is 1.13 bits per heavy atom. The van der Waals surface area contributed by atoms with Crippen molar-refractivity contribution in [3.8, 4) is 6.07 Å². The van der Waals surface area contributed by atoms with Gasteiger partial charge in [0.25, 0.3) is 0 Å². The van der Waals surface area contributed by atoms with Crippen molar-refractivity contribution < 1.29 is 4.42 Å². The van der Waals surface area contributed by atoms with E-state index in [4.69, 9.17) is 14.7 Å². The fourth-order valence-corrected chi connectivity index (χ4v) is 4.43. The second-order valence-electron chi connectivity index (χ2n) is 8.27. The van der Waals surface area contributed by atoms with Crippen molar-refractivity contribution in [3.05, 3.63) is 83.8 Å². The summed E-state index contributed by atoms with van der Waals surface area (Å²) in [6.45, 7) is 5.08. The van der Waals surface area contributed by atoms with Crippen LogP contribution in [0.4, 0.5) is 0 Å². The third-order valence-electron chi connectivity index (χ3n) is 6.32. The van der Waals surface area contributed by atoms with Crippen LogP contribution in [0, 0.1) is 11.3 Å². The van der Waals surface area contributed by atoms with Crippen molar-refractivity contribution in [2.24, 2.45) is 0 Å². The number of aromatic nitrogens is 3. The Hall–Kier alpha value is -3.43. The third kappa shape index (κ3) is 3.97. The van der Waals surface area contributed by atoms with Crippen LogP contribution in [0.25, 0.3) is 11.1 Å². The average molecular weight is 412 g/mol. The minimum atomic E-state index is 0.169. The monoisotopic (exact) mass is 411 g/mol. The van der Waals surface area contributed by atoms with Crippen molar-refractivity contribution in [2.75, 3.05) is 13.1 Å². The molecule has 0 aliphatic carbocycles. The van der Waals surface area contributed by atoms with Crippen LogP contribution < -0.4 is 0 Å². The molecule has 0 N–H and O–H groups in total. The lowest BCUT2D eigenvalue weighted by atomic mass is 9.96. The quantitative estimate of drug-likeness (QED) is 0.468. The Labute approximate surface area is 181 Å². The molecule has 1 aliphatic heterocycles. The first-order chi connectivity index (χ1) is 15.2. The second-order valence-corrected chi connectivity index (χ2v) is 8.27. The Kier molecular flexibility index (Phi) is 5.27. The molecule has 31 heavy (non-hydrogen) atoms. The van der Waals surface area contributed by atoms with E-state index in [9.17, 15) is 0 Å². The van der Waals surface area contributed by atoms with Crippen molar-refractivity contribution in [2.45, 2.75) is 38.3 Å². The molecule has 5 rings (SSSR count). The summed E-state index contributed by atoms with van der Waals surface area (Å²) in [7, 11) is 0. The number of oxazole rings is 1. The molecule has 4 aromatic rings. The topological polar surface area (TPSA) is 70.9 Å². The maximum absolute atomic E-state index is 9.03. The molecule has 0 amide bonds.